The number of hydrogen-bond donors (Lipinski definition) is 2. The fourth-order valence-corrected chi connectivity index (χ4v) is 1.65. The minimum Gasteiger partial charge on any atom is -0.392 e. The van der Waals surface area contributed by atoms with E-state index in [0.29, 0.717) is 0 Å². The summed E-state index contributed by atoms with van der Waals surface area (Å²) in [4.78, 5) is 11.1. The molecule has 0 heterocycles. The maximum absolute atomic E-state index is 11.1. The van der Waals surface area contributed by atoms with E-state index in [-0.39, 0.29) is 24.1 Å². The van der Waals surface area contributed by atoms with Gasteiger partial charge in [-0.15, -0.1) is 0 Å². The Morgan fingerprint density at radius 2 is 2.07 bits per heavy atom. The molecule has 82 valence electrons. The van der Waals surface area contributed by atoms with Gasteiger partial charge in [0.05, 0.1) is 11.9 Å². The zero-order chi connectivity index (χ0) is 11.3. The van der Waals surface area contributed by atoms with E-state index >= 15 is 0 Å². The van der Waals surface area contributed by atoms with Crippen molar-refractivity contribution in [2.45, 2.75) is 19.1 Å². The highest BCUT2D eigenvalue weighted by Gasteiger charge is 2.13. The number of benzene rings is 1. The maximum atomic E-state index is 11.1. The Labute approximate surface area is 96.9 Å². The average Bonchev–Trinajstić information content (AvgIpc) is 2.28. The van der Waals surface area contributed by atoms with Crippen LogP contribution in [0, 0.1) is 0 Å². The zero-order valence-electron chi connectivity index (χ0n) is 8.19. The normalized spacial score (nSPS) is 12.5. The summed E-state index contributed by atoms with van der Waals surface area (Å²) in [5, 5.41) is 18.6. The molecule has 3 nitrogen and oxygen atoms in total. The van der Waals surface area contributed by atoms with Gasteiger partial charge in [-0.05, 0) is 11.1 Å². The number of ketones is 1. The van der Waals surface area contributed by atoms with E-state index in [2.05, 4.69) is 15.9 Å². The first-order valence-corrected chi connectivity index (χ1v) is 5.75. The summed E-state index contributed by atoms with van der Waals surface area (Å²) < 4.78 is 0. The smallest absolute Gasteiger partial charge is 0.172 e. The summed E-state index contributed by atoms with van der Waals surface area (Å²) >= 11 is 3.01. The molecule has 15 heavy (non-hydrogen) atoms. The van der Waals surface area contributed by atoms with Gasteiger partial charge in [0.2, 0.25) is 0 Å². The third-order valence-corrected chi connectivity index (χ3v) is 2.66. The van der Waals surface area contributed by atoms with Crippen molar-refractivity contribution >= 4 is 21.7 Å². The van der Waals surface area contributed by atoms with Crippen molar-refractivity contribution in [1.29, 1.82) is 0 Å². The molecule has 1 aromatic rings. The van der Waals surface area contributed by atoms with E-state index in [1.807, 2.05) is 6.07 Å². The number of aliphatic hydroxyl groups is 2. The number of rotatable bonds is 5. The molecule has 2 N–H and O–H groups in total. The highest BCUT2D eigenvalue weighted by atomic mass is 79.9. The fraction of sp³-hybridized carbons (Fsp3) is 0.364. The second-order valence-corrected chi connectivity index (χ2v) is 3.86. The van der Waals surface area contributed by atoms with Crippen LogP contribution in [-0.4, -0.2) is 27.4 Å². The molecule has 0 amide bonds. The Kier molecular flexibility index (Phi) is 4.94. The van der Waals surface area contributed by atoms with Gasteiger partial charge < -0.3 is 10.2 Å². The molecule has 0 spiro atoms. The fourth-order valence-electron chi connectivity index (χ4n) is 1.28. The molecule has 1 aromatic carbocycles. The van der Waals surface area contributed by atoms with E-state index in [4.69, 9.17) is 5.11 Å². The predicted molar refractivity (Wildman–Crippen MR) is 60.9 cm³/mol. The lowest BCUT2D eigenvalue weighted by atomic mass is 10.0. The molecule has 1 rings (SSSR count). The standard InChI is InChI=1S/C11H13BrO3/c12-6-11(15)10(14)5-8-2-1-3-9(4-8)7-13/h1-4,10,13-14H,5-7H2. The molecular formula is C11H13BrO3. The maximum Gasteiger partial charge on any atom is 0.172 e. The molecule has 0 fully saturated rings. The van der Waals surface area contributed by atoms with Crippen LogP contribution in [0.2, 0.25) is 0 Å². The van der Waals surface area contributed by atoms with E-state index in [0.717, 1.165) is 11.1 Å². The lowest BCUT2D eigenvalue weighted by molar-refractivity contribution is -0.124. The van der Waals surface area contributed by atoms with Crippen molar-refractivity contribution in [3.05, 3.63) is 35.4 Å². The molecule has 1 unspecified atom stereocenters. The summed E-state index contributed by atoms with van der Waals surface area (Å²) in [5.41, 5.74) is 1.63. The second-order valence-electron chi connectivity index (χ2n) is 3.30. The van der Waals surface area contributed by atoms with Crippen LogP contribution in [0.5, 0.6) is 0 Å². The van der Waals surface area contributed by atoms with Crippen molar-refractivity contribution in [2.75, 3.05) is 5.33 Å². The Hall–Kier alpha value is -0.710. The third-order valence-electron chi connectivity index (χ3n) is 2.11. The van der Waals surface area contributed by atoms with Gasteiger partial charge in [0.15, 0.2) is 5.78 Å². The lowest BCUT2D eigenvalue weighted by Gasteiger charge is -2.08. The van der Waals surface area contributed by atoms with Crippen LogP contribution in [0.15, 0.2) is 24.3 Å². The van der Waals surface area contributed by atoms with Gasteiger partial charge in [-0.3, -0.25) is 4.79 Å². The van der Waals surface area contributed by atoms with Crippen LogP contribution in [0.3, 0.4) is 0 Å². The highest BCUT2D eigenvalue weighted by Crippen LogP contribution is 2.08. The Bertz CT molecular complexity index is 338. The topological polar surface area (TPSA) is 57.5 Å². The second kappa shape index (κ2) is 6.00. The van der Waals surface area contributed by atoms with Crippen LogP contribution < -0.4 is 0 Å². The predicted octanol–water partition coefficient (Wildman–Crippen LogP) is 1.05. The average molecular weight is 273 g/mol. The van der Waals surface area contributed by atoms with Crippen LogP contribution in [0.25, 0.3) is 0 Å². The van der Waals surface area contributed by atoms with Gasteiger partial charge in [-0.25, -0.2) is 0 Å². The summed E-state index contributed by atoms with van der Waals surface area (Å²) in [6, 6.07) is 7.20. The zero-order valence-corrected chi connectivity index (χ0v) is 9.77. The van der Waals surface area contributed by atoms with Crippen molar-refractivity contribution in [1.82, 2.24) is 0 Å². The highest BCUT2D eigenvalue weighted by molar-refractivity contribution is 9.09. The number of carbonyl (C=O) groups is 1. The van der Waals surface area contributed by atoms with Crippen LogP contribution >= 0.6 is 15.9 Å². The van der Waals surface area contributed by atoms with Gasteiger partial charge in [0.25, 0.3) is 0 Å². The Balaban J connectivity index is 2.67. The summed E-state index contributed by atoms with van der Waals surface area (Å²) in [7, 11) is 0. The minimum atomic E-state index is -0.974. The minimum absolute atomic E-state index is 0.0314. The Morgan fingerprint density at radius 1 is 1.40 bits per heavy atom. The van der Waals surface area contributed by atoms with Crippen LogP contribution in [0.4, 0.5) is 0 Å². The lowest BCUT2D eigenvalue weighted by Crippen LogP contribution is -2.23. The molecule has 0 bridgehead atoms. The van der Waals surface area contributed by atoms with Crippen molar-refractivity contribution in [2.24, 2.45) is 0 Å². The molecule has 1 atom stereocenters. The quantitative estimate of drug-likeness (QED) is 0.788. The third kappa shape index (κ3) is 3.74. The van der Waals surface area contributed by atoms with E-state index in [1.165, 1.54) is 0 Å². The molecule has 0 aliphatic heterocycles. The summed E-state index contributed by atoms with van der Waals surface area (Å²) in [5.74, 6) is -0.232. The molecule has 0 saturated heterocycles. The summed E-state index contributed by atoms with van der Waals surface area (Å²) in [6.45, 7) is -0.0314. The van der Waals surface area contributed by atoms with Crippen molar-refractivity contribution in [3.63, 3.8) is 0 Å². The van der Waals surface area contributed by atoms with Gasteiger partial charge in [-0.2, -0.15) is 0 Å². The number of halogens is 1. The van der Waals surface area contributed by atoms with Crippen molar-refractivity contribution < 1.29 is 15.0 Å². The van der Waals surface area contributed by atoms with Gasteiger partial charge in [0, 0.05) is 6.42 Å². The van der Waals surface area contributed by atoms with Gasteiger partial charge in [0.1, 0.15) is 6.10 Å². The van der Waals surface area contributed by atoms with E-state index in [1.54, 1.807) is 18.2 Å². The molecule has 0 radical (unpaired) electrons. The number of carbonyl (C=O) groups excluding carboxylic acids is 1. The number of hydrogen-bond acceptors (Lipinski definition) is 3. The van der Waals surface area contributed by atoms with Crippen LogP contribution in [0.1, 0.15) is 11.1 Å². The largest absolute Gasteiger partial charge is 0.392 e. The van der Waals surface area contributed by atoms with E-state index in [9.17, 15) is 9.90 Å². The molecule has 0 aromatic heterocycles. The molecule has 0 aliphatic carbocycles. The van der Waals surface area contributed by atoms with Gasteiger partial charge >= 0.3 is 0 Å². The molecule has 0 saturated carbocycles. The first kappa shape index (κ1) is 12.4. The first-order chi connectivity index (χ1) is 7.17. The SMILES string of the molecule is O=C(CBr)C(O)Cc1cccc(CO)c1. The Morgan fingerprint density at radius 3 is 2.67 bits per heavy atom. The summed E-state index contributed by atoms with van der Waals surface area (Å²) in [6.07, 6.45) is -0.684. The molecular weight excluding hydrogens is 260 g/mol. The first-order valence-electron chi connectivity index (χ1n) is 4.62. The molecule has 0 aliphatic rings. The van der Waals surface area contributed by atoms with Crippen molar-refractivity contribution in [3.8, 4) is 0 Å². The molecule has 4 heteroatoms. The van der Waals surface area contributed by atoms with Crippen LogP contribution in [-0.2, 0) is 17.8 Å². The van der Waals surface area contributed by atoms with E-state index < -0.39 is 6.10 Å². The number of Topliss-reactive ketones (excluding diaryl/α,β-unsaturated/α-hetero) is 1. The monoisotopic (exact) mass is 272 g/mol. The number of alkyl halides is 1. The van der Waals surface area contributed by atoms with Gasteiger partial charge in [-0.1, -0.05) is 40.2 Å². The number of aliphatic hydroxyl groups excluding tert-OH is 2.